The molecule has 0 saturated heterocycles. The Morgan fingerprint density at radius 3 is 2.24 bits per heavy atom. The van der Waals surface area contributed by atoms with Gasteiger partial charge in [0.25, 0.3) is 0 Å². The van der Waals surface area contributed by atoms with E-state index in [0.717, 1.165) is 18.6 Å². The summed E-state index contributed by atoms with van der Waals surface area (Å²) >= 11 is 0. The van der Waals surface area contributed by atoms with Gasteiger partial charge in [0, 0.05) is 5.56 Å². The first-order valence-electron chi connectivity index (χ1n) is 6.47. The van der Waals surface area contributed by atoms with Crippen molar-refractivity contribution in [3.05, 3.63) is 29.8 Å². The zero-order valence-electron chi connectivity index (χ0n) is 11.6. The molecule has 2 nitrogen and oxygen atoms in total. The highest BCUT2D eigenvalue weighted by Crippen LogP contribution is 2.28. The van der Waals surface area contributed by atoms with E-state index < -0.39 is 0 Å². The standard InChI is InChI=1S/C15H24O2/c1-6-15(5,7-2)17-16-14-11-9-8-10-13(14)12(3)4/h8-12H,6-7H2,1-5H3. The molecule has 0 aliphatic carbocycles. The second-order valence-electron chi connectivity index (χ2n) is 5.02. The molecule has 17 heavy (non-hydrogen) atoms. The van der Waals surface area contributed by atoms with Crippen molar-refractivity contribution < 1.29 is 9.78 Å². The Hall–Kier alpha value is -1.02. The number of hydrogen-bond acceptors (Lipinski definition) is 2. The van der Waals surface area contributed by atoms with E-state index in [-0.39, 0.29) is 5.60 Å². The molecule has 0 aliphatic rings. The molecule has 0 spiro atoms. The lowest BCUT2D eigenvalue weighted by molar-refractivity contribution is -0.288. The quantitative estimate of drug-likeness (QED) is 0.526. The summed E-state index contributed by atoms with van der Waals surface area (Å²) in [6, 6.07) is 8.04. The van der Waals surface area contributed by atoms with Crippen LogP contribution in [0.1, 0.15) is 58.9 Å². The molecule has 0 amide bonds. The average molecular weight is 236 g/mol. The van der Waals surface area contributed by atoms with Gasteiger partial charge < -0.3 is 4.89 Å². The molecule has 0 heterocycles. The first-order chi connectivity index (χ1) is 8.02. The van der Waals surface area contributed by atoms with Gasteiger partial charge in [0.15, 0.2) is 5.75 Å². The maximum Gasteiger partial charge on any atom is 0.168 e. The summed E-state index contributed by atoms with van der Waals surface area (Å²) < 4.78 is 0. The van der Waals surface area contributed by atoms with Crippen LogP contribution >= 0.6 is 0 Å². The van der Waals surface area contributed by atoms with E-state index in [9.17, 15) is 0 Å². The van der Waals surface area contributed by atoms with Crippen LogP contribution in [-0.2, 0) is 4.89 Å². The molecule has 0 aromatic heterocycles. The molecule has 0 N–H and O–H groups in total. The summed E-state index contributed by atoms with van der Waals surface area (Å²) in [5.74, 6) is 1.26. The molecule has 2 heteroatoms. The van der Waals surface area contributed by atoms with Crippen molar-refractivity contribution in [1.29, 1.82) is 0 Å². The van der Waals surface area contributed by atoms with Gasteiger partial charge in [-0.15, -0.1) is 0 Å². The largest absolute Gasteiger partial charge is 0.337 e. The highest BCUT2D eigenvalue weighted by atomic mass is 17.2. The maximum atomic E-state index is 5.60. The number of para-hydroxylation sites is 1. The molecular formula is C15H24O2. The third-order valence-corrected chi connectivity index (χ3v) is 3.37. The molecule has 96 valence electrons. The Bertz CT molecular complexity index is 341. The topological polar surface area (TPSA) is 18.5 Å². The number of rotatable bonds is 6. The van der Waals surface area contributed by atoms with Crippen molar-refractivity contribution in [3.63, 3.8) is 0 Å². The fraction of sp³-hybridized carbons (Fsp3) is 0.600. The molecule has 0 radical (unpaired) electrons. The van der Waals surface area contributed by atoms with Crippen molar-refractivity contribution >= 4 is 0 Å². The third kappa shape index (κ3) is 3.74. The normalized spacial score (nSPS) is 11.9. The van der Waals surface area contributed by atoms with Crippen molar-refractivity contribution in [2.75, 3.05) is 0 Å². The highest BCUT2D eigenvalue weighted by Gasteiger charge is 2.23. The lowest BCUT2D eigenvalue weighted by Gasteiger charge is -2.25. The molecule has 0 unspecified atom stereocenters. The number of hydrogen-bond donors (Lipinski definition) is 0. The molecule has 1 rings (SSSR count). The van der Waals surface area contributed by atoms with Gasteiger partial charge in [0.1, 0.15) is 5.60 Å². The van der Waals surface area contributed by atoms with E-state index in [4.69, 9.17) is 9.78 Å². The highest BCUT2D eigenvalue weighted by molar-refractivity contribution is 5.35. The van der Waals surface area contributed by atoms with E-state index in [1.807, 2.05) is 18.2 Å². The summed E-state index contributed by atoms with van der Waals surface area (Å²) in [5, 5.41) is 0. The Kier molecular flexibility index (Phi) is 5.01. The van der Waals surface area contributed by atoms with E-state index in [2.05, 4.69) is 40.7 Å². The van der Waals surface area contributed by atoms with Gasteiger partial charge >= 0.3 is 0 Å². The molecule has 0 fully saturated rings. The fourth-order valence-electron chi connectivity index (χ4n) is 1.55. The van der Waals surface area contributed by atoms with Gasteiger partial charge in [-0.25, -0.2) is 0 Å². The van der Waals surface area contributed by atoms with E-state index in [0.29, 0.717) is 5.92 Å². The Labute approximate surface area is 105 Å². The molecule has 1 aromatic rings. The summed E-state index contributed by atoms with van der Waals surface area (Å²) in [4.78, 5) is 11.2. The fourth-order valence-corrected chi connectivity index (χ4v) is 1.55. The van der Waals surface area contributed by atoms with Crippen LogP contribution in [0.5, 0.6) is 5.75 Å². The predicted molar refractivity (Wildman–Crippen MR) is 71.2 cm³/mol. The van der Waals surface area contributed by atoms with Crippen LogP contribution in [-0.4, -0.2) is 5.60 Å². The molecule has 0 saturated carbocycles. The van der Waals surface area contributed by atoms with Crippen molar-refractivity contribution in [2.24, 2.45) is 0 Å². The van der Waals surface area contributed by atoms with E-state index in [1.54, 1.807) is 0 Å². The van der Waals surface area contributed by atoms with Crippen LogP contribution in [0.15, 0.2) is 24.3 Å². The molecule has 0 atom stereocenters. The first-order valence-corrected chi connectivity index (χ1v) is 6.47. The minimum atomic E-state index is -0.204. The van der Waals surface area contributed by atoms with Gasteiger partial charge in [0.2, 0.25) is 0 Å². The van der Waals surface area contributed by atoms with Crippen LogP contribution < -0.4 is 4.89 Å². The Morgan fingerprint density at radius 1 is 1.12 bits per heavy atom. The van der Waals surface area contributed by atoms with Gasteiger partial charge in [0.05, 0.1) is 0 Å². The van der Waals surface area contributed by atoms with Gasteiger partial charge in [-0.05, 0) is 31.7 Å². The minimum absolute atomic E-state index is 0.204. The molecular weight excluding hydrogens is 212 g/mol. The average Bonchev–Trinajstić information content (AvgIpc) is 2.36. The predicted octanol–water partition coefficient (Wildman–Crippen LogP) is 4.70. The van der Waals surface area contributed by atoms with Gasteiger partial charge in [-0.3, -0.25) is 0 Å². The van der Waals surface area contributed by atoms with Crippen molar-refractivity contribution in [1.82, 2.24) is 0 Å². The van der Waals surface area contributed by atoms with E-state index in [1.165, 1.54) is 5.56 Å². The van der Waals surface area contributed by atoms with Crippen LogP contribution in [0.25, 0.3) is 0 Å². The van der Waals surface area contributed by atoms with Gasteiger partial charge in [-0.2, -0.15) is 4.89 Å². The lowest BCUT2D eigenvalue weighted by atomic mass is 10.0. The zero-order valence-corrected chi connectivity index (χ0v) is 11.6. The zero-order chi connectivity index (χ0) is 12.9. The van der Waals surface area contributed by atoms with Crippen molar-refractivity contribution in [3.8, 4) is 5.75 Å². The molecule has 0 bridgehead atoms. The summed E-state index contributed by atoms with van der Waals surface area (Å²) in [7, 11) is 0. The Balaban J connectivity index is 2.75. The second kappa shape index (κ2) is 6.06. The monoisotopic (exact) mass is 236 g/mol. The van der Waals surface area contributed by atoms with Crippen molar-refractivity contribution in [2.45, 2.75) is 59.0 Å². The smallest absolute Gasteiger partial charge is 0.168 e. The number of benzene rings is 1. The summed E-state index contributed by atoms with van der Waals surface area (Å²) in [6.45, 7) is 10.6. The van der Waals surface area contributed by atoms with Crippen LogP contribution in [0, 0.1) is 0 Å². The second-order valence-corrected chi connectivity index (χ2v) is 5.02. The summed E-state index contributed by atoms with van der Waals surface area (Å²) in [5.41, 5.74) is 0.978. The third-order valence-electron chi connectivity index (χ3n) is 3.37. The van der Waals surface area contributed by atoms with Crippen LogP contribution in [0.3, 0.4) is 0 Å². The lowest BCUT2D eigenvalue weighted by Crippen LogP contribution is -2.28. The minimum Gasteiger partial charge on any atom is -0.337 e. The Morgan fingerprint density at radius 2 is 1.71 bits per heavy atom. The molecule has 1 aromatic carbocycles. The first kappa shape index (κ1) is 14.0. The van der Waals surface area contributed by atoms with Crippen LogP contribution in [0.2, 0.25) is 0 Å². The molecule has 0 aliphatic heterocycles. The van der Waals surface area contributed by atoms with Gasteiger partial charge in [-0.1, -0.05) is 45.9 Å². The van der Waals surface area contributed by atoms with Crippen LogP contribution in [0.4, 0.5) is 0 Å². The maximum absolute atomic E-state index is 5.60. The van der Waals surface area contributed by atoms with E-state index >= 15 is 0 Å². The summed E-state index contributed by atoms with van der Waals surface area (Å²) in [6.07, 6.45) is 1.88. The SMILES string of the molecule is CCC(C)(CC)OOc1ccccc1C(C)C.